The Morgan fingerprint density at radius 2 is 2.24 bits per heavy atom. The number of aliphatic hydroxyl groups is 1. The molecule has 6 rings (SSSR count). The predicted octanol–water partition coefficient (Wildman–Crippen LogP) is 0.979. The molecule has 4 aliphatic heterocycles. The monoisotopic (exact) mass is 344 g/mol. The van der Waals surface area contributed by atoms with Gasteiger partial charge < -0.3 is 15.2 Å². The molecule has 1 spiro atoms. The van der Waals surface area contributed by atoms with Crippen LogP contribution in [-0.2, 0) is 19.8 Å². The molecule has 1 amide bonds. The number of hydrogen-bond donors (Lipinski definition) is 2. The average Bonchev–Trinajstić information content (AvgIpc) is 3.00. The smallest absolute Gasteiger partial charge is 0.264 e. The molecule has 1 saturated carbocycles. The molecule has 4 bridgehead atoms. The van der Waals surface area contributed by atoms with Crippen molar-refractivity contribution < 1.29 is 19.5 Å². The van der Waals surface area contributed by atoms with Gasteiger partial charge in [-0.3, -0.25) is 9.63 Å². The van der Waals surface area contributed by atoms with Crippen molar-refractivity contribution in [2.24, 2.45) is 11.8 Å². The third-order valence-electron chi connectivity index (χ3n) is 6.90. The fraction of sp³-hybridized carbons (Fsp3) is 0.632. The predicted molar refractivity (Wildman–Crippen MR) is 91.0 cm³/mol. The van der Waals surface area contributed by atoms with Crippen molar-refractivity contribution in [1.29, 1.82) is 0 Å². The Kier molecular flexibility index (Phi) is 3.32. The molecule has 0 aromatic heterocycles. The molecule has 25 heavy (non-hydrogen) atoms. The highest BCUT2D eigenvalue weighted by Crippen LogP contribution is 2.56. The zero-order valence-corrected chi connectivity index (χ0v) is 14.5. The zero-order chi connectivity index (χ0) is 17.3. The van der Waals surface area contributed by atoms with E-state index in [1.54, 1.807) is 0 Å². The summed E-state index contributed by atoms with van der Waals surface area (Å²) < 4.78 is 6.15. The summed E-state index contributed by atoms with van der Waals surface area (Å²) in [5.74, 6) is 0.278. The van der Waals surface area contributed by atoms with Crippen LogP contribution in [-0.4, -0.2) is 49.0 Å². The van der Waals surface area contributed by atoms with Gasteiger partial charge in [-0.25, -0.2) is 0 Å². The highest BCUT2D eigenvalue weighted by Gasteiger charge is 2.67. The summed E-state index contributed by atoms with van der Waals surface area (Å²) in [5, 5.41) is 16.3. The number of para-hydroxylation sites is 1. The maximum atomic E-state index is 13.5. The van der Waals surface area contributed by atoms with Crippen LogP contribution < -0.4 is 10.4 Å². The van der Waals surface area contributed by atoms with E-state index in [4.69, 9.17) is 9.57 Å². The van der Waals surface area contributed by atoms with Gasteiger partial charge in [0.05, 0.1) is 25.5 Å². The van der Waals surface area contributed by atoms with Gasteiger partial charge >= 0.3 is 0 Å². The Morgan fingerprint density at radius 1 is 1.44 bits per heavy atom. The second kappa shape index (κ2) is 5.27. The van der Waals surface area contributed by atoms with Crippen molar-refractivity contribution in [1.82, 2.24) is 5.32 Å². The summed E-state index contributed by atoms with van der Waals surface area (Å²) in [6, 6.07) is 8.18. The quantitative estimate of drug-likeness (QED) is 0.837. The highest BCUT2D eigenvalue weighted by atomic mass is 16.7. The first-order valence-electron chi connectivity index (χ1n) is 9.17. The fourth-order valence-electron chi connectivity index (χ4n) is 5.89. The highest BCUT2D eigenvalue weighted by molar-refractivity contribution is 6.07. The molecule has 134 valence electrons. The molecule has 5 aliphatic rings. The number of aliphatic hydroxyl groups excluding tert-OH is 1. The number of nitrogens with zero attached hydrogens (tertiary/aromatic N) is 1. The third kappa shape index (κ3) is 1.76. The SMILES string of the molecule is CC[C@H]1N[C@H]2C[C@@]3(C(=O)N(OC)c4ccccc43)[C@@H]3OC[C@@H]2[C@H]1[C@@H]3O. The lowest BCUT2D eigenvalue weighted by molar-refractivity contribution is -0.159. The Labute approximate surface area is 147 Å². The number of rotatable bonds is 2. The molecule has 1 aromatic rings. The zero-order valence-electron chi connectivity index (χ0n) is 14.5. The van der Waals surface area contributed by atoms with E-state index in [0.29, 0.717) is 19.1 Å². The maximum Gasteiger partial charge on any atom is 0.264 e. The first kappa shape index (κ1) is 15.8. The van der Waals surface area contributed by atoms with Crippen LogP contribution in [0.4, 0.5) is 5.69 Å². The van der Waals surface area contributed by atoms with Crippen molar-refractivity contribution >= 4 is 11.6 Å². The number of amides is 1. The van der Waals surface area contributed by atoms with E-state index < -0.39 is 17.6 Å². The fourth-order valence-corrected chi connectivity index (χ4v) is 5.89. The van der Waals surface area contributed by atoms with Crippen molar-refractivity contribution in [3.63, 3.8) is 0 Å². The molecule has 2 N–H and O–H groups in total. The second-order valence-corrected chi connectivity index (χ2v) is 7.75. The minimum atomic E-state index is -0.883. The van der Waals surface area contributed by atoms with Crippen LogP contribution in [0.15, 0.2) is 24.3 Å². The van der Waals surface area contributed by atoms with E-state index in [0.717, 1.165) is 17.7 Å². The number of nitrogens with one attached hydrogen (secondary N) is 1. The number of benzene rings is 1. The number of ether oxygens (including phenoxy) is 1. The average molecular weight is 344 g/mol. The molecule has 3 saturated heterocycles. The number of fused-ring (bicyclic) bond motifs is 2. The first-order chi connectivity index (χ1) is 12.1. The van der Waals surface area contributed by atoms with Crippen molar-refractivity contribution in [3.05, 3.63) is 29.8 Å². The van der Waals surface area contributed by atoms with E-state index >= 15 is 0 Å². The third-order valence-corrected chi connectivity index (χ3v) is 6.90. The van der Waals surface area contributed by atoms with Gasteiger partial charge in [0.15, 0.2) is 0 Å². The molecule has 7 atom stereocenters. The number of carbonyl (C=O) groups excluding carboxylic acids is 1. The van der Waals surface area contributed by atoms with E-state index in [1.165, 1.54) is 12.2 Å². The largest absolute Gasteiger partial charge is 0.390 e. The van der Waals surface area contributed by atoms with Crippen LogP contribution in [0.2, 0.25) is 0 Å². The lowest BCUT2D eigenvalue weighted by atomic mass is 9.70. The molecule has 4 heterocycles. The first-order valence-corrected chi connectivity index (χ1v) is 9.17. The summed E-state index contributed by atoms with van der Waals surface area (Å²) in [5.41, 5.74) is 0.791. The maximum absolute atomic E-state index is 13.5. The summed E-state index contributed by atoms with van der Waals surface area (Å²) in [6.07, 6.45) is 0.437. The molecular weight excluding hydrogens is 320 g/mol. The molecule has 4 fully saturated rings. The standard InChI is InChI=1S/C19H24N2O4/c1-3-12-15-10-9-25-17(16(15)22)19(8-13(10)20-12)11-6-4-5-7-14(11)21(24-2)18(19)23/h4-7,10,12-13,15-17,20,22H,3,8-9H2,1-2H3/t10-,12+,13-,15+,16-,17+,19-/m0/s1. The van der Waals surface area contributed by atoms with Gasteiger partial charge in [-0.1, -0.05) is 25.1 Å². The van der Waals surface area contributed by atoms with E-state index in [-0.39, 0.29) is 23.8 Å². The molecular formula is C19H24N2O4. The van der Waals surface area contributed by atoms with Crippen molar-refractivity contribution in [3.8, 4) is 0 Å². The molecule has 6 nitrogen and oxygen atoms in total. The molecule has 0 unspecified atom stereocenters. The second-order valence-electron chi connectivity index (χ2n) is 7.75. The number of carbonyl (C=O) groups is 1. The Balaban J connectivity index is 1.69. The van der Waals surface area contributed by atoms with Crippen LogP contribution >= 0.6 is 0 Å². The van der Waals surface area contributed by atoms with Gasteiger partial charge in [-0.05, 0) is 24.5 Å². The normalized spacial score (nSPS) is 44.4. The molecule has 1 aromatic carbocycles. The van der Waals surface area contributed by atoms with Crippen LogP contribution in [0.5, 0.6) is 0 Å². The Bertz CT molecular complexity index is 725. The molecule has 1 aliphatic carbocycles. The summed E-state index contributed by atoms with van der Waals surface area (Å²) >= 11 is 0. The summed E-state index contributed by atoms with van der Waals surface area (Å²) in [7, 11) is 1.51. The van der Waals surface area contributed by atoms with Crippen LogP contribution in [0.3, 0.4) is 0 Å². The van der Waals surface area contributed by atoms with Crippen molar-refractivity contribution in [2.45, 2.75) is 49.5 Å². The van der Waals surface area contributed by atoms with Gasteiger partial charge in [0.1, 0.15) is 11.5 Å². The lowest BCUT2D eigenvalue weighted by Crippen LogP contribution is -2.59. The minimum absolute atomic E-state index is 0.122. The minimum Gasteiger partial charge on any atom is -0.390 e. The van der Waals surface area contributed by atoms with Crippen LogP contribution in [0.1, 0.15) is 25.3 Å². The number of hydroxylamine groups is 1. The van der Waals surface area contributed by atoms with Gasteiger partial charge in [-0.15, -0.1) is 0 Å². The van der Waals surface area contributed by atoms with E-state index in [2.05, 4.69) is 12.2 Å². The Morgan fingerprint density at radius 3 is 3.00 bits per heavy atom. The van der Waals surface area contributed by atoms with E-state index in [9.17, 15) is 9.90 Å². The van der Waals surface area contributed by atoms with E-state index in [1.807, 2.05) is 24.3 Å². The van der Waals surface area contributed by atoms with Gasteiger partial charge in [0, 0.05) is 23.9 Å². The van der Waals surface area contributed by atoms with Crippen molar-refractivity contribution in [2.75, 3.05) is 18.8 Å². The van der Waals surface area contributed by atoms with Crippen LogP contribution in [0.25, 0.3) is 0 Å². The number of hydrogen-bond acceptors (Lipinski definition) is 5. The van der Waals surface area contributed by atoms with Crippen LogP contribution in [0, 0.1) is 11.8 Å². The summed E-state index contributed by atoms with van der Waals surface area (Å²) in [4.78, 5) is 18.9. The summed E-state index contributed by atoms with van der Waals surface area (Å²) in [6.45, 7) is 2.75. The lowest BCUT2D eigenvalue weighted by Gasteiger charge is -2.43. The van der Waals surface area contributed by atoms with Gasteiger partial charge in [0.2, 0.25) is 0 Å². The number of anilines is 1. The van der Waals surface area contributed by atoms with Gasteiger partial charge in [-0.2, -0.15) is 5.06 Å². The molecule has 6 heteroatoms. The topological polar surface area (TPSA) is 71.0 Å². The Hall–Kier alpha value is -1.47. The molecule has 0 radical (unpaired) electrons. The van der Waals surface area contributed by atoms with Gasteiger partial charge in [0.25, 0.3) is 5.91 Å².